The van der Waals surface area contributed by atoms with Gasteiger partial charge in [-0.3, -0.25) is 0 Å². The highest BCUT2D eigenvalue weighted by molar-refractivity contribution is 6.20. The average Bonchev–Trinajstić information content (AvgIpc) is 2.38. The highest BCUT2D eigenvalue weighted by atomic mass is 35.5. The van der Waals surface area contributed by atoms with E-state index in [9.17, 15) is 0 Å². The molecule has 2 heteroatoms. The molecule has 0 amide bonds. The highest BCUT2D eigenvalue weighted by Gasteiger charge is 2.40. The SMILES string of the molecule is COc1ccc(C)cc1C(C)(C)C1CCC(C)CC1Cl. The summed E-state index contributed by atoms with van der Waals surface area (Å²) in [5.74, 6) is 2.25. The van der Waals surface area contributed by atoms with Crippen LogP contribution in [0.25, 0.3) is 0 Å². The van der Waals surface area contributed by atoms with Crippen LogP contribution in [0.1, 0.15) is 51.2 Å². The summed E-state index contributed by atoms with van der Waals surface area (Å²) in [6.07, 6.45) is 3.62. The second kappa shape index (κ2) is 5.97. The summed E-state index contributed by atoms with van der Waals surface area (Å²) in [5, 5.41) is 0.263. The van der Waals surface area contributed by atoms with Gasteiger partial charge >= 0.3 is 0 Å². The Hall–Kier alpha value is -0.690. The Morgan fingerprint density at radius 2 is 1.95 bits per heavy atom. The summed E-state index contributed by atoms with van der Waals surface area (Å²) < 4.78 is 5.59. The Morgan fingerprint density at radius 3 is 2.55 bits per heavy atom. The van der Waals surface area contributed by atoms with Gasteiger partial charge in [-0.1, -0.05) is 44.9 Å². The Morgan fingerprint density at radius 1 is 1.25 bits per heavy atom. The predicted octanol–water partition coefficient (Wildman–Crippen LogP) is 5.32. The van der Waals surface area contributed by atoms with Crippen molar-refractivity contribution in [2.75, 3.05) is 7.11 Å². The van der Waals surface area contributed by atoms with Gasteiger partial charge in [0.15, 0.2) is 0 Å². The van der Waals surface area contributed by atoms with Crippen LogP contribution in [0.3, 0.4) is 0 Å². The van der Waals surface area contributed by atoms with E-state index in [1.807, 2.05) is 0 Å². The van der Waals surface area contributed by atoms with E-state index in [1.165, 1.54) is 24.0 Å². The second-order valence-corrected chi connectivity index (χ2v) is 7.53. The Kier molecular flexibility index (Phi) is 4.69. The zero-order valence-corrected chi connectivity index (χ0v) is 14.1. The van der Waals surface area contributed by atoms with Crippen molar-refractivity contribution in [2.45, 2.75) is 57.7 Å². The molecule has 0 saturated heterocycles. The van der Waals surface area contributed by atoms with Crippen LogP contribution in [0.4, 0.5) is 0 Å². The summed E-state index contributed by atoms with van der Waals surface area (Å²) in [4.78, 5) is 0. The summed E-state index contributed by atoms with van der Waals surface area (Å²) >= 11 is 6.71. The van der Waals surface area contributed by atoms with Gasteiger partial charge in [-0.05, 0) is 43.1 Å². The molecule has 1 nitrogen and oxygen atoms in total. The van der Waals surface area contributed by atoms with E-state index in [0.717, 1.165) is 18.1 Å². The lowest BCUT2D eigenvalue weighted by molar-refractivity contribution is 0.204. The molecule has 20 heavy (non-hydrogen) atoms. The topological polar surface area (TPSA) is 9.23 Å². The van der Waals surface area contributed by atoms with Crippen molar-refractivity contribution in [2.24, 2.45) is 11.8 Å². The highest BCUT2D eigenvalue weighted by Crippen LogP contribution is 2.46. The minimum absolute atomic E-state index is 0.0456. The van der Waals surface area contributed by atoms with Crippen LogP contribution in [0.5, 0.6) is 5.75 Å². The van der Waals surface area contributed by atoms with E-state index in [4.69, 9.17) is 16.3 Å². The van der Waals surface area contributed by atoms with Crippen molar-refractivity contribution >= 4 is 11.6 Å². The number of hydrogen-bond acceptors (Lipinski definition) is 1. The first kappa shape index (κ1) is 15.7. The number of hydrogen-bond donors (Lipinski definition) is 0. The van der Waals surface area contributed by atoms with Crippen LogP contribution >= 0.6 is 11.6 Å². The van der Waals surface area contributed by atoms with Gasteiger partial charge in [0, 0.05) is 10.9 Å². The smallest absolute Gasteiger partial charge is 0.122 e. The molecule has 0 heterocycles. The first-order valence-electron chi connectivity index (χ1n) is 7.65. The van der Waals surface area contributed by atoms with E-state index in [1.54, 1.807) is 7.11 Å². The number of rotatable bonds is 3. The van der Waals surface area contributed by atoms with E-state index in [-0.39, 0.29) is 10.8 Å². The monoisotopic (exact) mass is 294 g/mol. The lowest BCUT2D eigenvalue weighted by atomic mass is 9.65. The number of methoxy groups -OCH3 is 1. The lowest BCUT2D eigenvalue weighted by Gasteiger charge is -2.42. The Balaban J connectivity index is 2.36. The molecular weight excluding hydrogens is 268 g/mol. The van der Waals surface area contributed by atoms with Crippen molar-refractivity contribution in [3.63, 3.8) is 0 Å². The van der Waals surface area contributed by atoms with Gasteiger partial charge in [0.05, 0.1) is 7.11 Å². The lowest BCUT2D eigenvalue weighted by Crippen LogP contribution is -2.39. The summed E-state index contributed by atoms with van der Waals surface area (Å²) in [5.41, 5.74) is 2.62. The van der Waals surface area contributed by atoms with Gasteiger partial charge < -0.3 is 4.74 Å². The molecule has 0 N–H and O–H groups in total. The molecule has 0 bridgehead atoms. The number of aryl methyl sites for hydroxylation is 1. The summed E-state index contributed by atoms with van der Waals surface area (Å²) in [6, 6.07) is 6.46. The van der Waals surface area contributed by atoms with E-state index >= 15 is 0 Å². The fourth-order valence-electron chi connectivity index (χ4n) is 3.65. The molecule has 1 aliphatic carbocycles. The molecule has 0 aromatic heterocycles. The molecule has 1 aliphatic rings. The zero-order valence-electron chi connectivity index (χ0n) is 13.4. The Bertz CT molecular complexity index is 466. The second-order valence-electron chi connectivity index (χ2n) is 6.97. The van der Waals surface area contributed by atoms with Gasteiger partial charge in [-0.25, -0.2) is 0 Å². The number of benzene rings is 1. The molecule has 2 rings (SSSR count). The van der Waals surface area contributed by atoms with Crippen LogP contribution in [0.15, 0.2) is 18.2 Å². The van der Waals surface area contributed by atoms with Crippen molar-refractivity contribution in [1.29, 1.82) is 0 Å². The van der Waals surface area contributed by atoms with Crippen LogP contribution in [0, 0.1) is 18.8 Å². The maximum Gasteiger partial charge on any atom is 0.122 e. The molecule has 1 aromatic carbocycles. The fourth-order valence-corrected chi connectivity index (χ4v) is 4.39. The molecule has 0 radical (unpaired) electrons. The van der Waals surface area contributed by atoms with Crippen molar-refractivity contribution < 1.29 is 4.74 Å². The third-order valence-electron chi connectivity index (χ3n) is 5.01. The third kappa shape index (κ3) is 2.98. The molecular formula is C18H27ClO. The van der Waals surface area contributed by atoms with Gasteiger partial charge in [0.1, 0.15) is 5.75 Å². The molecule has 0 spiro atoms. The minimum atomic E-state index is 0.0456. The predicted molar refractivity (Wildman–Crippen MR) is 86.9 cm³/mol. The number of halogens is 1. The van der Waals surface area contributed by atoms with Crippen LogP contribution in [-0.2, 0) is 5.41 Å². The van der Waals surface area contributed by atoms with Crippen LogP contribution < -0.4 is 4.74 Å². The number of alkyl halides is 1. The molecule has 1 saturated carbocycles. The van der Waals surface area contributed by atoms with Gasteiger partial charge in [-0.15, -0.1) is 11.6 Å². The first-order valence-corrected chi connectivity index (χ1v) is 8.09. The van der Waals surface area contributed by atoms with Gasteiger partial charge in [0.25, 0.3) is 0 Å². The molecule has 0 aliphatic heterocycles. The largest absolute Gasteiger partial charge is 0.496 e. The van der Waals surface area contributed by atoms with Crippen LogP contribution in [0.2, 0.25) is 0 Å². The van der Waals surface area contributed by atoms with Crippen LogP contribution in [-0.4, -0.2) is 12.5 Å². The molecule has 3 unspecified atom stereocenters. The normalized spacial score (nSPS) is 27.4. The van der Waals surface area contributed by atoms with Gasteiger partial charge in [-0.2, -0.15) is 0 Å². The average molecular weight is 295 g/mol. The molecule has 1 fully saturated rings. The maximum atomic E-state index is 6.71. The first-order chi connectivity index (χ1) is 9.36. The van der Waals surface area contributed by atoms with Crippen molar-refractivity contribution in [1.82, 2.24) is 0 Å². The fraction of sp³-hybridized carbons (Fsp3) is 0.667. The van der Waals surface area contributed by atoms with Crippen molar-refractivity contribution in [3.8, 4) is 5.75 Å². The summed E-state index contributed by atoms with van der Waals surface area (Å²) in [7, 11) is 1.76. The number of ether oxygens (including phenoxy) is 1. The van der Waals surface area contributed by atoms with Crippen molar-refractivity contribution in [3.05, 3.63) is 29.3 Å². The van der Waals surface area contributed by atoms with Gasteiger partial charge in [0.2, 0.25) is 0 Å². The summed E-state index contributed by atoms with van der Waals surface area (Å²) in [6.45, 7) is 9.09. The Labute approximate surface area is 128 Å². The standard InChI is InChI=1S/C18H27ClO/c1-12-7-9-17(20-5)15(10-12)18(3,4)14-8-6-13(2)11-16(14)19/h7,9-10,13-14,16H,6,8,11H2,1-5H3. The third-order valence-corrected chi connectivity index (χ3v) is 5.49. The quantitative estimate of drug-likeness (QED) is 0.685. The van der Waals surface area contributed by atoms with E-state index in [2.05, 4.69) is 45.9 Å². The molecule has 1 aromatic rings. The van der Waals surface area contributed by atoms with E-state index < -0.39 is 0 Å². The minimum Gasteiger partial charge on any atom is -0.496 e. The zero-order chi connectivity index (χ0) is 14.9. The maximum absolute atomic E-state index is 6.71. The van der Waals surface area contributed by atoms with E-state index in [0.29, 0.717) is 5.92 Å². The molecule has 3 atom stereocenters. The molecule has 112 valence electrons.